The Morgan fingerprint density at radius 1 is 0.871 bits per heavy atom. The smallest absolute Gasteiger partial charge is 0.124 e. The predicted molar refractivity (Wildman–Crippen MR) is 128 cm³/mol. The summed E-state index contributed by atoms with van der Waals surface area (Å²) in [4.78, 5) is 6.17. The molecule has 4 heteroatoms. The molecular weight excluding hydrogens is 403 g/mol. The summed E-state index contributed by atoms with van der Waals surface area (Å²) in [7, 11) is 0. The van der Waals surface area contributed by atoms with Crippen LogP contribution in [0.25, 0.3) is 6.08 Å². The van der Waals surface area contributed by atoms with E-state index in [4.69, 9.17) is 0 Å². The molecule has 5 rings (SSSR count). The van der Waals surface area contributed by atoms with Gasteiger partial charge in [0.15, 0.2) is 0 Å². The Balaban J connectivity index is 1.32. The zero-order chi connectivity index (χ0) is 21.0. The van der Waals surface area contributed by atoms with Gasteiger partial charge in [0, 0.05) is 43.4 Å². The standard InChI is InChI=1S/C27H27FN2S/c28-23-12-13-25-26(19-23)31-20-22-10-4-5-11-24(22)27(25)30-17-15-29(16-18-30)14-6-9-21-7-2-1-3-8-21/h1-13,19,27H,14-18,20H2/b9-6+. The normalized spacial score (nSPS) is 19.7. The third kappa shape index (κ3) is 4.62. The second-order valence-corrected chi connectivity index (χ2v) is 9.24. The van der Waals surface area contributed by atoms with Gasteiger partial charge in [-0.1, -0.05) is 72.8 Å². The molecule has 0 aromatic heterocycles. The van der Waals surface area contributed by atoms with E-state index in [1.165, 1.54) is 22.3 Å². The second-order valence-electron chi connectivity index (χ2n) is 8.22. The highest BCUT2D eigenvalue weighted by Gasteiger charge is 2.31. The van der Waals surface area contributed by atoms with E-state index in [0.29, 0.717) is 0 Å². The van der Waals surface area contributed by atoms with Gasteiger partial charge in [0.1, 0.15) is 5.82 Å². The van der Waals surface area contributed by atoms with Crippen LogP contribution in [0.3, 0.4) is 0 Å². The van der Waals surface area contributed by atoms with Crippen LogP contribution in [0, 0.1) is 5.82 Å². The van der Waals surface area contributed by atoms with Crippen LogP contribution in [0.15, 0.2) is 83.8 Å². The summed E-state index contributed by atoms with van der Waals surface area (Å²) in [5.41, 5.74) is 5.23. The molecule has 0 aliphatic carbocycles. The van der Waals surface area contributed by atoms with Gasteiger partial charge in [-0.2, -0.15) is 0 Å². The van der Waals surface area contributed by atoms with E-state index < -0.39 is 0 Å². The summed E-state index contributed by atoms with van der Waals surface area (Å²) in [6.07, 6.45) is 4.47. The quantitative estimate of drug-likeness (QED) is 0.512. The molecule has 2 heterocycles. The summed E-state index contributed by atoms with van der Waals surface area (Å²) in [5.74, 6) is 0.749. The number of thioether (sulfide) groups is 1. The van der Waals surface area contributed by atoms with E-state index in [0.717, 1.165) is 43.4 Å². The number of halogens is 1. The van der Waals surface area contributed by atoms with Crippen molar-refractivity contribution < 1.29 is 4.39 Å². The fourth-order valence-electron chi connectivity index (χ4n) is 4.61. The summed E-state index contributed by atoms with van der Waals surface area (Å²) in [6, 6.07) is 24.7. The molecule has 1 saturated heterocycles. The van der Waals surface area contributed by atoms with Crippen molar-refractivity contribution in [3.8, 4) is 0 Å². The number of piperazine rings is 1. The van der Waals surface area contributed by atoms with Crippen molar-refractivity contribution in [2.75, 3.05) is 32.7 Å². The highest BCUT2D eigenvalue weighted by Crippen LogP contribution is 2.42. The Morgan fingerprint density at radius 2 is 1.65 bits per heavy atom. The molecular formula is C27H27FN2S. The Hall–Kier alpha value is -2.40. The van der Waals surface area contributed by atoms with Crippen LogP contribution in [0.5, 0.6) is 0 Å². The minimum atomic E-state index is -0.147. The number of nitrogens with zero attached hydrogens (tertiary/aromatic N) is 2. The van der Waals surface area contributed by atoms with Crippen molar-refractivity contribution in [2.45, 2.75) is 16.7 Å². The van der Waals surface area contributed by atoms with Crippen LogP contribution in [-0.2, 0) is 5.75 Å². The average Bonchev–Trinajstić information content (AvgIpc) is 2.97. The molecule has 0 N–H and O–H groups in total. The number of hydrogen-bond donors (Lipinski definition) is 0. The van der Waals surface area contributed by atoms with E-state index in [2.05, 4.69) is 70.5 Å². The van der Waals surface area contributed by atoms with Crippen LogP contribution >= 0.6 is 11.8 Å². The Labute approximate surface area is 188 Å². The van der Waals surface area contributed by atoms with Crippen molar-refractivity contribution in [3.05, 3.63) is 107 Å². The lowest BCUT2D eigenvalue weighted by Gasteiger charge is -2.40. The van der Waals surface area contributed by atoms with Crippen LogP contribution in [-0.4, -0.2) is 42.5 Å². The SMILES string of the molecule is Fc1ccc2c(c1)SCc1ccccc1C2N1CCN(C/C=C/c2ccccc2)CC1. The number of fused-ring (bicyclic) bond motifs is 2. The second kappa shape index (κ2) is 9.39. The minimum Gasteiger partial charge on any atom is -0.297 e. The monoisotopic (exact) mass is 430 g/mol. The molecule has 3 aromatic rings. The van der Waals surface area contributed by atoms with Crippen LogP contribution < -0.4 is 0 Å². The molecule has 0 spiro atoms. The van der Waals surface area contributed by atoms with E-state index in [-0.39, 0.29) is 11.9 Å². The van der Waals surface area contributed by atoms with Crippen molar-refractivity contribution in [3.63, 3.8) is 0 Å². The highest BCUT2D eigenvalue weighted by molar-refractivity contribution is 7.98. The third-order valence-corrected chi connectivity index (χ3v) is 7.37. The minimum absolute atomic E-state index is 0.147. The van der Waals surface area contributed by atoms with E-state index in [1.54, 1.807) is 23.9 Å². The molecule has 0 amide bonds. The Kier molecular flexibility index (Phi) is 6.21. The van der Waals surface area contributed by atoms with Gasteiger partial charge < -0.3 is 0 Å². The molecule has 158 valence electrons. The lowest BCUT2D eigenvalue weighted by atomic mass is 9.93. The fraction of sp³-hybridized carbons (Fsp3) is 0.259. The van der Waals surface area contributed by atoms with E-state index >= 15 is 0 Å². The molecule has 1 atom stereocenters. The number of rotatable bonds is 4. The van der Waals surface area contributed by atoms with Crippen molar-refractivity contribution in [1.29, 1.82) is 0 Å². The number of benzene rings is 3. The molecule has 2 nitrogen and oxygen atoms in total. The molecule has 1 fully saturated rings. The maximum absolute atomic E-state index is 14.0. The molecule has 2 aliphatic heterocycles. The largest absolute Gasteiger partial charge is 0.297 e. The molecule has 2 aliphatic rings. The molecule has 31 heavy (non-hydrogen) atoms. The van der Waals surface area contributed by atoms with Gasteiger partial charge in [-0.3, -0.25) is 9.80 Å². The van der Waals surface area contributed by atoms with E-state index in [1.807, 2.05) is 12.1 Å². The van der Waals surface area contributed by atoms with Gasteiger partial charge in [-0.15, -0.1) is 11.8 Å². The predicted octanol–water partition coefficient (Wildman–Crippen LogP) is 5.85. The topological polar surface area (TPSA) is 6.48 Å². The number of hydrogen-bond acceptors (Lipinski definition) is 3. The molecule has 0 saturated carbocycles. The first kappa shape index (κ1) is 20.5. The van der Waals surface area contributed by atoms with Gasteiger partial charge in [0.2, 0.25) is 0 Å². The van der Waals surface area contributed by atoms with Crippen molar-refractivity contribution in [1.82, 2.24) is 9.80 Å². The summed E-state index contributed by atoms with van der Waals surface area (Å²) >= 11 is 1.76. The van der Waals surface area contributed by atoms with Crippen molar-refractivity contribution in [2.24, 2.45) is 0 Å². The van der Waals surface area contributed by atoms with Gasteiger partial charge in [0.05, 0.1) is 6.04 Å². The lowest BCUT2D eigenvalue weighted by Crippen LogP contribution is -2.47. The van der Waals surface area contributed by atoms with Crippen LogP contribution in [0.1, 0.15) is 28.3 Å². The van der Waals surface area contributed by atoms with Gasteiger partial charge in [0.25, 0.3) is 0 Å². The van der Waals surface area contributed by atoms with E-state index in [9.17, 15) is 4.39 Å². The highest BCUT2D eigenvalue weighted by atomic mass is 32.2. The third-order valence-electron chi connectivity index (χ3n) is 6.25. The fourth-order valence-corrected chi connectivity index (χ4v) is 5.73. The van der Waals surface area contributed by atoms with Crippen LogP contribution in [0.2, 0.25) is 0 Å². The summed E-state index contributed by atoms with van der Waals surface area (Å²) < 4.78 is 14.0. The first-order valence-corrected chi connectivity index (χ1v) is 11.9. The van der Waals surface area contributed by atoms with Gasteiger partial charge in [-0.05, 0) is 34.4 Å². The lowest BCUT2D eigenvalue weighted by molar-refractivity contribution is 0.117. The molecule has 3 aromatic carbocycles. The Bertz CT molecular complexity index is 1060. The maximum atomic E-state index is 14.0. The molecule has 0 radical (unpaired) electrons. The zero-order valence-corrected chi connectivity index (χ0v) is 18.4. The average molecular weight is 431 g/mol. The summed E-state index contributed by atoms with van der Waals surface area (Å²) in [6.45, 7) is 5.09. The first-order chi connectivity index (χ1) is 15.3. The molecule has 1 unspecified atom stereocenters. The first-order valence-electron chi connectivity index (χ1n) is 11.0. The zero-order valence-electron chi connectivity index (χ0n) is 17.6. The Morgan fingerprint density at radius 3 is 2.48 bits per heavy atom. The maximum Gasteiger partial charge on any atom is 0.124 e. The van der Waals surface area contributed by atoms with Crippen LogP contribution in [0.4, 0.5) is 4.39 Å². The van der Waals surface area contributed by atoms with Gasteiger partial charge >= 0.3 is 0 Å². The van der Waals surface area contributed by atoms with Crippen molar-refractivity contribution >= 4 is 17.8 Å². The van der Waals surface area contributed by atoms with Gasteiger partial charge in [-0.25, -0.2) is 4.39 Å². The summed E-state index contributed by atoms with van der Waals surface area (Å²) in [5, 5.41) is 0. The molecule has 0 bridgehead atoms.